The molecule has 1 saturated heterocycles. The average molecular weight is 274 g/mol. The molecule has 2 unspecified atom stereocenters. The van der Waals surface area contributed by atoms with Crippen molar-refractivity contribution in [1.82, 2.24) is 14.8 Å². The number of nitrogens with zero attached hydrogens (tertiary/aromatic N) is 3. The summed E-state index contributed by atoms with van der Waals surface area (Å²) in [5.74, 6) is 0.540. The highest BCUT2D eigenvalue weighted by molar-refractivity contribution is 7.89. The molecule has 1 aliphatic heterocycles. The summed E-state index contributed by atoms with van der Waals surface area (Å²) in [6.07, 6.45) is 1.70. The van der Waals surface area contributed by atoms with Crippen LogP contribution in [0.1, 0.15) is 51.6 Å². The van der Waals surface area contributed by atoms with Crippen LogP contribution in [0.15, 0.2) is 5.16 Å². The quantitative estimate of drug-likeness (QED) is 0.876. The number of aromatic nitrogens is 3. The summed E-state index contributed by atoms with van der Waals surface area (Å²) in [5.41, 5.74) is 0. The Balaban J connectivity index is 2.46. The molecule has 0 spiro atoms. The molecule has 0 aliphatic carbocycles. The van der Waals surface area contributed by atoms with Gasteiger partial charge in [0.2, 0.25) is 0 Å². The third-order valence-corrected chi connectivity index (χ3v) is 3.77. The highest BCUT2D eigenvalue weighted by Crippen LogP contribution is 2.33. The van der Waals surface area contributed by atoms with Crippen LogP contribution in [0.2, 0.25) is 0 Å². The molecule has 1 fully saturated rings. The van der Waals surface area contributed by atoms with Gasteiger partial charge in [-0.3, -0.25) is 4.57 Å². The molecule has 102 valence electrons. The number of hydrogen-bond donors (Lipinski definition) is 1. The van der Waals surface area contributed by atoms with E-state index in [2.05, 4.69) is 10.2 Å². The summed E-state index contributed by atoms with van der Waals surface area (Å²) in [4.78, 5) is 0. The van der Waals surface area contributed by atoms with E-state index in [1.807, 2.05) is 20.8 Å². The lowest BCUT2D eigenvalue weighted by atomic mass is 10.2. The van der Waals surface area contributed by atoms with Crippen LogP contribution in [0.4, 0.5) is 0 Å². The van der Waals surface area contributed by atoms with Crippen molar-refractivity contribution in [1.29, 1.82) is 0 Å². The summed E-state index contributed by atoms with van der Waals surface area (Å²) in [7, 11) is -3.87. The van der Waals surface area contributed by atoms with Crippen LogP contribution in [0.5, 0.6) is 0 Å². The van der Waals surface area contributed by atoms with E-state index in [4.69, 9.17) is 9.88 Å². The van der Waals surface area contributed by atoms with Crippen molar-refractivity contribution in [3.8, 4) is 0 Å². The van der Waals surface area contributed by atoms with Crippen LogP contribution < -0.4 is 5.14 Å². The molecular weight excluding hydrogens is 256 g/mol. The summed E-state index contributed by atoms with van der Waals surface area (Å²) in [5, 5.41) is 12.6. The highest BCUT2D eigenvalue weighted by Gasteiger charge is 2.32. The predicted octanol–water partition coefficient (Wildman–Crippen LogP) is 0.746. The maximum atomic E-state index is 11.5. The maximum absolute atomic E-state index is 11.5. The molecule has 8 heteroatoms. The van der Waals surface area contributed by atoms with Gasteiger partial charge in [-0.05, 0) is 33.6 Å². The van der Waals surface area contributed by atoms with Crippen LogP contribution in [0, 0.1) is 0 Å². The number of sulfonamides is 1. The minimum atomic E-state index is -3.87. The third kappa shape index (κ3) is 2.40. The summed E-state index contributed by atoms with van der Waals surface area (Å²) >= 11 is 0. The number of hydrogen-bond acceptors (Lipinski definition) is 5. The van der Waals surface area contributed by atoms with Gasteiger partial charge in [0.25, 0.3) is 15.2 Å². The van der Waals surface area contributed by atoms with Gasteiger partial charge in [0.15, 0.2) is 5.82 Å². The SMILES string of the molecule is CC1CCC(c2nnc(S(N)(=O)=O)n2C(C)C)O1. The Morgan fingerprint density at radius 2 is 2.06 bits per heavy atom. The molecule has 0 bridgehead atoms. The van der Waals surface area contributed by atoms with E-state index in [9.17, 15) is 8.42 Å². The topological polar surface area (TPSA) is 100 Å². The number of ether oxygens (including phenoxy) is 1. The van der Waals surface area contributed by atoms with Gasteiger partial charge >= 0.3 is 0 Å². The molecule has 2 atom stereocenters. The van der Waals surface area contributed by atoms with Crippen molar-refractivity contribution >= 4 is 10.0 Å². The Morgan fingerprint density at radius 3 is 2.50 bits per heavy atom. The minimum absolute atomic E-state index is 0.0946. The van der Waals surface area contributed by atoms with Gasteiger partial charge in [0.1, 0.15) is 6.10 Å². The molecule has 1 aromatic rings. The molecule has 0 saturated carbocycles. The first-order chi connectivity index (χ1) is 8.30. The third-order valence-electron chi connectivity index (χ3n) is 2.98. The Hall–Kier alpha value is -0.990. The molecule has 0 aromatic carbocycles. The van der Waals surface area contributed by atoms with Gasteiger partial charge in [-0.15, -0.1) is 10.2 Å². The van der Waals surface area contributed by atoms with E-state index < -0.39 is 10.0 Å². The van der Waals surface area contributed by atoms with E-state index in [-0.39, 0.29) is 23.4 Å². The van der Waals surface area contributed by atoms with Crippen LogP contribution in [0.25, 0.3) is 0 Å². The van der Waals surface area contributed by atoms with Crippen molar-refractivity contribution in [3.63, 3.8) is 0 Å². The van der Waals surface area contributed by atoms with Crippen molar-refractivity contribution in [3.05, 3.63) is 5.82 Å². The number of primary sulfonamides is 1. The molecular formula is C10H18N4O3S. The second kappa shape index (κ2) is 4.60. The van der Waals surface area contributed by atoms with Crippen LogP contribution in [0.3, 0.4) is 0 Å². The van der Waals surface area contributed by atoms with E-state index in [0.29, 0.717) is 5.82 Å². The fourth-order valence-electron chi connectivity index (χ4n) is 2.18. The molecule has 1 aromatic heterocycles. The predicted molar refractivity (Wildman–Crippen MR) is 64.3 cm³/mol. The first kappa shape index (κ1) is 13.4. The summed E-state index contributed by atoms with van der Waals surface area (Å²) < 4.78 is 30.2. The second-order valence-corrected chi connectivity index (χ2v) is 6.32. The first-order valence-electron chi connectivity index (χ1n) is 5.93. The highest BCUT2D eigenvalue weighted by atomic mass is 32.2. The average Bonchev–Trinajstić information content (AvgIpc) is 2.80. The first-order valence-corrected chi connectivity index (χ1v) is 7.48. The summed E-state index contributed by atoms with van der Waals surface area (Å²) in [6.45, 7) is 5.70. The fourth-order valence-corrected chi connectivity index (χ4v) is 2.91. The largest absolute Gasteiger partial charge is 0.367 e. The van der Waals surface area contributed by atoms with Gasteiger partial charge in [-0.2, -0.15) is 0 Å². The Labute approximate surface area is 106 Å². The Kier molecular flexibility index (Phi) is 3.43. The molecule has 18 heavy (non-hydrogen) atoms. The Morgan fingerprint density at radius 1 is 1.39 bits per heavy atom. The smallest absolute Gasteiger partial charge is 0.273 e. The maximum Gasteiger partial charge on any atom is 0.273 e. The Bertz CT molecular complexity index is 537. The van der Waals surface area contributed by atoms with E-state index >= 15 is 0 Å². The molecule has 7 nitrogen and oxygen atoms in total. The minimum Gasteiger partial charge on any atom is -0.367 e. The van der Waals surface area contributed by atoms with Gasteiger partial charge in [0, 0.05) is 6.04 Å². The molecule has 2 N–H and O–H groups in total. The monoisotopic (exact) mass is 274 g/mol. The lowest BCUT2D eigenvalue weighted by Gasteiger charge is -2.16. The van der Waals surface area contributed by atoms with E-state index in [1.165, 1.54) is 4.57 Å². The van der Waals surface area contributed by atoms with Crippen LogP contribution in [-0.2, 0) is 14.8 Å². The van der Waals surface area contributed by atoms with E-state index in [0.717, 1.165) is 12.8 Å². The summed E-state index contributed by atoms with van der Waals surface area (Å²) in [6, 6.07) is -0.0946. The second-order valence-electron chi connectivity index (χ2n) is 4.86. The number of nitrogens with two attached hydrogens (primary N) is 1. The number of rotatable bonds is 3. The van der Waals surface area contributed by atoms with Gasteiger partial charge < -0.3 is 4.74 Å². The van der Waals surface area contributed by atoms with Gasteiger partial charge in [-0.1, -0.05) is 0 Å². The van der Waals surface area contributed by atoms with Gasteiger partial charge in [0.05, 0.1) is 6.10 Å². The molecule has 1 aliphatic rings. The molecule has 2 rings (SSSR count). The lowest BCUT2D eigenvalue weighted by molar-refractivity contribution is 0.0469. The lowest BCUT2D eigenvalue weighted by Crippen LogP contribution is -2.21. The molecule has 2 heterocycles. The van der Waals surface area contributed by atoms with Crippen molar-refractivity contribution < 1.29 is 13.2 Å². The zero-order valence-corrected chi connectivity index (χ0v) is 11.5. The molecule has 0 radical (unpaired) electrons. The zero-order chi connectivity index (χ0) is 13.5. The fraction of sp³-hybridized carbons (Fsp3) is 0.800. The van der Waals surface area contributed by atoms with Crippen molar-refractivity contribution in [2.75, 3.05) is 0 Å². The van der Waals surface area contributed by atoms with Crippen LogP contribution in [-0.4, -0.2) is 29.3 Å². The van der Waals surface area contributed by atoms with E-state index in [1.54, 1.807) is 0 Å². The molecule has 0 amide bonds. The standard InChI is InChI=1S/C10H18N4O3S/c1-6(2)14-9(8-5-4-7(3)17-8)12-13-10(14)18(11,15)16/h6-8H,4-5H2,1-3H3,(H2,11,15,16). The van der Waals surface area contributed by atoms with Crippen molar-refractivity contribution in [2.24, 2.45) is 5.14 Å². The van der Waals surface area contributed by atoms with Crippen LogP contribution >= 0.6 is 0 Å². The van der Waals surface area contributed by atoms with Crippen molar-refractivity contribution in [2.45, 2.75) is 57.0 Å². The zero-order valence-electron chi connectivity index (χ0n) is 10.7. The van der Waals surface area contributed by atoms with Gasteiger partial charge in [-0.25, -0.2) is 13.6 Å². The normalized spacial score (nSPS) is 24.9.